The van der Waals surface area contributed by atoms with E-state index in [1.807, 2.05) is 82.3 Å². The van der Waals surface area contributed by atoms with Crippen molar-refractivity contribution in [2.75, 3.05) is 10.8 Å². The number of carbonyl (C=O) groups is 2. The number of halogens is 2. The third kappa shape index (κ3) is 9.10. The second-order valence-electron chi connectivity index (χ2n) is 11.8. The zero-order chi connectivity index (χ0) is 32.8. The zero-order valence-electron chi connectivity index (χ0n) is 25.7. The summed E-state index contributed by atoms with van der Waals surface area (Å²) >= 11 is 12.6. The highest BCUT2D eigenvalue weighted by Crippen LogP contribution is 2.30. The molecule has 4 aromatic carbocycles. The third-order valence-corrected chi connectivity index (χ3v) is 9.34. The lowest BCUT2D eigenvalue weighted by molar-refractivity contribution is -0.140. The van der Waals surface area contributed by atoms with Gasteiger partial charge in [0.15, 0.2) is 0 Å². The van der Waals surface area contributed by atoms with E-state index in [-0.39, 0.29) is 39.5 Å². The molecule has 1 N–H and O–H groups in total. The zero-order valence-corrected chi connectivity index (χ0v) is 28.0. The van der Waals surface area contributed by atoms with Crippen LogP contribution in [0.3, 0.4) is 0 Å². The van der Waals surface area contributed by atoms with Gasteiger partial charge in [-0.25, -0.2) is 8.42 Å². The van der Waals surface area contributed by atoms with Crippen molar-refractivity contribution in [3.8, 4) is 0 Å². The Morgan fingerprint density at radius 2 is 1.38 bits per heavy atom. The summed E-state index contributed by atoms with van der Waals surface area (Å²) in [5, 5.41) is 3.45. The molecule has 0 heterocycles. The van der Waals surface area contributed by atoms with Crippen LogP contribution < -0.4 is 9.62 Å². The summed E-state index contributed by atoms with van der Waals surface area (Å²) in [5.41, 5.74) is 2.16. The van der Waals surface area contributed by atoms with Crippen LogP contribution in [-0.4, -0.2) is 43.3 Å². The van der Waals surface area contributed by atoms with Gasteiger partial charge in [0.2, 0.25) is 11.8 Å². The molecule has 236 valence electrons. The highest BCUT2D eigenvalue weighted by atomic mass is 35.5. The number of hydrogen-bond acceptors (Lipinski definition) is 4. The van der Waals surface area contributed by atoms with Gasteiger partial charge in [-0.2, -0.15) is 0 Å². The maximum Gasteiger partial charge on any atom is 0.264 e. The van der Waals surface area contributed by atoms with Crippen molar-refractivity contribution >= 4 is 50.7 Å². The second-order valence-corrected chi connectivity index (χ2v) is 14.6. The van der Waals surface area contributed by atoms with E-state index in [0.717, 1.165) is 21.0 Å². The Balaban J connectivity index is 1.84. The first kappa shape index (κ1) is 34.0. The van der Waals surface area contributed by atoms with Gasteiger partial charge in [-0.1, -0.05) is 96.0 Å². The Morgan fingerprint density at radius 1 is 0.822 bits per heavy atom. The molecule has 4 rings (SSSR count). The number of aryl methyl sites for hydroxylation is 1. The topological polar surface area (TPSA) is 86.8 Å². The fourth-order valence-corrected chi connectivity index (χ4v) is 6.84. The number of rotatable bonds is 11. The molecule has 7 nitrogen and oxygen atoms in total. The number of sulfonamides is 1. The van der Waals surface area contributed by atoms with Crippen LogP contribution in [0.2, 0.25) is 10.0 Å². The molecule has 0 fully saturated rings. The van der Waals surface area contributed by atoms with E-state index < -0.39 is 34.1 Å². The molecular weight excluding hydrogens is 629 g/mol. The van der Waals surface area contributed by atoms with Crippen molar-refractivity contribution in [2.24, 2.45) is 0 Å². The summed E-state index contributed by atoms with van der Waals surface area (Å²) in [5.74, 6) is -0.921. The molecule has 4 aromatic rings. The van der Waals surface area contributed by atoms with Crippen molar-refractivity contribution < 1.29 is 18.0 Å². The molecular formula is C35H37Cl2N3O4S. The Labute approximate surface area is 275 Å². The van der Waals surface area contributed by atoms with Gasteiger partial charge in [-0.05, 0) is 74.7 Å². The molecule has 0 aliphatic rings. The molecule has 2 amide bonds. The summed E-state index contributed by atoms with van der Waals surface area (Å²) in [6.07, 6.45) is 0.217. The van der Waals surface area contributed by atoms with Gasteiger partial charge in [0.05, 0.1) is 10.6 Å². The van der Waals surface area contributed by atoms with E-state index in [2.05, 4.69) is 5.32 Å². The monoisotopic (exact) mass is 665 g/mol. The molecule has 0 aliphatic heterocycles. The quantitative estimate of drug-likeness (QED) is 0.186. The van der Waals surface area contributed by atoms with Gasteiger partial charge < -0.3 is 10.2 Å². The van der Waals surface area contributed by atoms with E-state index in [4.69, 9.17) is 23.2 Å². The number of anilines is 1. The lowest BCUT2D eigenvalue weighted by atomic mass is 10.00. The summed E-state index contributed by atoms with van der Waals surface area (Å²) in [7, 11) is -4.26. The van der Waals surface area contributed by atoms with Crippen LogP contribution in [0, 0.1) is 6.92 Å². The molecule has 10 heteroatoms. The highest BCUT2D eigenvalue weighted by Gasteiger charge is 2.36. The molecule has 0 aromatic heterocycles. The van der Waals surface area contributed by atoms with Gasteiger partial charge in [0.25, 0.3) is 10.0 Å². The van der Waals surface area contributed by atoms with Crippen molar-refractivity contribution in [2.45, 2.75) is 57.1 Å². The Hall–Kier alpha value is -3.85. The minimum absolute atomic E-state index is 0.00865. The summed E-state index contributed by atoms with van der Waals surface area (Å²) < 4.78 is 29.2. The van der Waals surface area contributed by atoms with Crippen LogP contribution in [0.5, 0.6) is 0 Å². The number of benzene rings is 4. The van der Waals surface area contributed by atoms with Gasteiger partial charge in [-0.15, -0.1) is 0 Å². The molecule has 0 radical (unpaired) electrons. The number of carbonyl (C=O) groups excluding carboxylic acids is 2. The highest BCUT2D eigenvalue weighted by molar-refractivity contribution is 7.92. The normalized spacial score (nSPS) is 12.3. The smallest absolute Gasteiger partial charge is 0.264 e. The number of amides is 2. The fraction of sp³-hybridized carbons (Fsp3) is 0.257. The van der Waals surface area contributed by atoms with Crippen molar-refractivity contribution in [1.82, 2.24) is 10.2 Å². The standard InChI is InChI=1S/C35H37Cl2N3O4S/c1-25-13-11-12-16-27(25)23-39(32(34(42)38-35(2,3)4)19-26-14-7-5-8-15-26)33(41)24-40(30-21-28(36)20-29(37)22-30)45(43,44)31-17-9-6-10-18-31/h5-18,20-22,32H,19,23-24H2,1-4H3,(H,38,42). The van der Waals surface area contributed by atoms with Gasteiger partial charge in [0.1, 0.15) is 12.6 Å². The first-order chi connectivity index (χ1) is 21.2. The molecule has 0 saturated heterocycles. The predicted molar refractivity (Wildman–Crippen MR) is 181 cm³/mol. The Kier molecular flexibility index (Phi) is 11.0. The van der Waals surface area contributed by atoms with Crippen molar-refractivity contribution in [1.29, 1.82) is 0 Å². The van der Waals surface area contributed by atoms with E-state index in [0.29, 0.717) is 0 Å². The number of nitrogens with one attached hydrogen (secondary N) is 1. The maximum atomic E-state index is 14.6. The summed E-state index contributed by atoms with van der Waals surface area (Å²) in [6.45, 7) is 7.02. The van der Waals surface area contributed by atoms with Gasteiger partial charge >= 0.3 is 0 Å². The SMILES string of the molecule is Cc1ccccc1CN(C(=O)CN(c1cc(Cl)cc(Cl)c1)S(=O)(=O)c1ccccc1)C(Cc1ccccc1)C(=O)NC(C)(C)C. The van der Waals surface area contributed by atoms with Gasteiger partial charge in [-0.3, -0.25) is 13.9 Å². The molecule has 0 saturated carbocycles. The van der Waals surface area contributed by atoms with Crippen LogP contribution in [0.15, 0.2) is 108 Å². The third-order valence-electron chi connectivity index (χ3n) is 7.12. The minimum Gasteiger partial charge on any atom is -0.350 e. The van der Waals surface area contributed by atoms with E-state index in [1.54, 1.807) is 18.2 Å². The van der Waals surface area contributed by atoms with Crippen LogP contribution in [-0.2, 0) is 32.6 Å². The largest absolute Gasteiger partial charge is 0.350 e. The average Bonchev–Trinajstić information content (AvgIpc) is 2.98. The van der Waals surface area contributed by atoms with Gasteiger partial charge in [0, 0.05) is 28.5 Å². The summed E-state index contributed by atoms with van der Waals surface area (Å²) in [4.78, 5) is 30.0. The average molecular weight is 667 g/mol. The first-order valence-electron chi connectivity index (χ1n) is 14.5. The predicted octanol–water partition coefficient (Wildman–Crippen LogP) is 7.05. The van der Waals surface area contributed by atoms with Crippen LogP contribution in [0.4, 0.5) is 5.69 Å². The maximum absolute atomic E-state index is 14.6. The lowest BCUT2D eigenvalue weighted by Crippen LogP contribution is -2.56. The molecule has 0 bridgehead atoms. The number of nitrogens with zero attached hydrogens (tertiary/aromatic N) is 2. The summed E-state index contributed by atoms with van der Waals surface area (Å²) in [6, 6.07) is 28.3. The first-order valence-corrected chi connectivity index (χ1v) is 16.7. The van der Waals surface area contributed by atoms with E-state index >= 15 is 0 Å². The molecule has 45 heavy (non-hydrogen) atoms. The molecule has 0 aliphatic carbocycles. The molecule has 0 spiro atoms. The van der Waals surface area contributed by atoms with E-state index in [9.17, 15) is 18.0 Å². The second kappa shape index (κ2) is 14.5. The van der Waals surface area contributed by atoms with Crippen molar-refractivity contribution in [3.63, 3.8) is 0 Å². The van der Waals surface area contributed by atoms with E-state index in [1.165, 1.54) is 35.2 Å². The molecule has 1 atom stereocenters. The molecule has 1 unspecified atom stereocenters. The lowest BCUT2D eigenvalue weighted by Gasteiger charge is -2.35. The van der Waals surface area contributed by atoms with Crippen LogP contribution in [0.1, 0.15) is 37.5 Å². The van der Waals surface area contributed by atoms with Crippen LogP contribution in [0.25, 0.3) is 0 Å². The minimum atomic E-state index is -4.26. The van der Waals surface area contributed by atoms with Crippen LogP contribution >= 0.6 is 23.2 Å². The Bertz CT molecular complexity index is 1720. The Morgan fingerprint density at radius 3 is 1.96 bits per heavy atom. The fourth-order valence-electron chi connectivity index (χ4n) is 4.91. The van der Waals surface area contributed by atoms with Crippen molar-refractivity contribution in [3.05, 3.63) is 130 Å². The number of hydrogen-bond donors (Lipinski definition) is 1.